The van der Waals surface area contributed by atoms with Crippen LogP contribution in [0, 0.1) is 5.82 Å². The van der Waals surface area contributed by atoms with Gasteiger partial charge in [0.15, 0.2) is 0 Å². The fourth-order valence-corrected chi connectivity index (χ4v) is 2.43. The number of anilines is 1. The second kappa shape index (κ2) is 6.69. The summed E-state index contributed by atoms with van der Waals surface area (Å²) in [7, 11) is -3.67. The number of carbonyl (C=O) groups excluding carboxylic acids is 1. The Bertz CT molecular complexity index is 575. The van der Waals surface area contributed by atoms with Crippen LogP contribution in [0.1, 0.15) is 20.3 Å². The van der Waals surface area contributed by atoms with Crippen LogP contribution in [0.25, 0.3) is 0 Å². The predicted molar refractivity (Wildman–Crippen MR) is 76.5 cm³/mol. The Labute approximate surface area is 118 Å². The molecule has 1 amide bonds. The van der Waals surface area contributed by atoms with Gasteiger partial charge in [-0.1, -0.05) is 13.0 Å². The maximum atomic E-state index is 13.2. The van der Waals surface area contributed by atoms with Gasteiger partial charge in [0.25, 0.3) is 0 Å². The van der Waals surface area contributed by atoms with Crippen molar-refractivity contribution in [1.29, 1.82) is 0 Å². The number of amides is 1. The van der Waals surface area contributed by atoms with E-state index in [0.717, 1.165) is 23.0 Å². The number of hydrogen-bond donors (Lipinski definition) is 1. The summed E-state index contributed by atoms with van der Waals surface area (Å²) in [6.45, 7) is 3.36. The van der Waals surface area contributed by atoms with Gasteiger partial charge in [0, 0.05) is 6.04 Å². The third-order valence-electron chi connectivity index (χ3n) is 2.80. The molecule has 0 saturated carbocycles. The molecule has 0 bridgehead atoms. The van der Waals surface area contributed by atoms with Crippen LogP contribution < -0.4 is 9.62 Å². The highest BCUT2D eigenvalue weighted by atomic mass is 32.2. The van der Waals surface area contributed by atoms with Crippen molar-refractivity contribution in [1.82, 2.24) is 5.32 Å². The van der Waals surface area contributed by atoms with Gasteiger partial charge in [-0.3, -0.25) is 9.10 Å². The molecule has 0 aliphatic rings. The minimum atomic E-state index is -3.67. The van der Waals surface area contributed by atoms with E-state index in [1.807, 2.05) is 13.8 Å². The van der Waals surface area contributed by atoms with Crippen molar-refractivity contribution in [3.63, 3.8) is 0 Å². The van der Waals surface area contributed by atoms with Crippen LogP contribution in [0.4, 0.5) is 10.1 Å². The molecular formula is C13H19FN2O3S. The quantitative estimate of drug-likeness (QED) is 0.866. The topological polar surface area (TPSA) is 66.5 Å². The Balaban J connectivity index is 2.95. The van der Waals surface area contributed by atoms with Gasteiger partial charge in [0.2, 0.25) is 15.9 Å². The minimum Gasteiger partial charge on any atom is -0.352 e. The normalized spacial score (nSPS) is 12.8. The zero-order chi connectivity index (χ0) is 15.3. The first-order chi connectivity index (χ1) is 9.24. The molecule has 5 nitrogen and oxygen atoms in total. The molecule has 1 rings (SSSR count). The van der Waals surface area contributed by atoms with E-state index in [-0.39, 0.29) is 18.3 Å². The fourth-order valence-electron chi connectivity index (χ4n) is 1.58. The maximum absolute atomic E-state index is 13.2. The molecule has 112 valence electrons. The number of hydrogen-bond acceptors (Lipinski definition) is 3. The van der Waals surface area contributed by atoms with Gasteiger partial charge in [-0.25, -0.2) is 12.8 Å². The zero-order valence-corrected chi connectivity index (χ0v) is 12.6. The molecule has 1 N–H and O–H groups in total. The molecule has 1 aromatic rings. The van der Waals surface area contributed by atoms with Gasteiger partial charge < -0.3 is 5.32 Å². The Kier molecular flexibility index (Phi) is 5.50. The van der Waals surface area contributed by atoms with Crippen LogP contribution in [-0.4, -0.2) is 33.2 Å². The van der Waals surface area contributed by atoms with Gasteiger partial charge in [0.1, 0.15) is 12.4 Å². The standard InChI is InChI=1S/C13H19FN2O3S/c1-4-10(2)15-13(17)9-16(20(3,18)19)12-7-5-6-11(14)8-12/h5-8,10H,4,9H2,1-3H3,(H,15,17)/t10-/m1/s1. The molecule has 0 aliphatic heterocycles. The summed E-state index contributed by atoms with van der Waals surface area (Å²) >= 11 is 0. The largest absolute Gasteiger partial charge is 0.352 e. The van der Waals surface area contributed by atoms with E-state index in [4.69, 9.17) is 0 Å². The van der Waals surface area contributed by atoms with Crippen LogP contribution >= 0.6 is 0 Å². The third-order valence-corrected chi connectivity index (χ3v) is 3.94. The smallest absolute Gasteiger partial charge is 0.240 e. The zero-order valence-electron chi connectivity index (χ0n) is 11.8. The average Bonchev–Trinajstić information content (AvgIpc) is 2.34. The van der Waals surface area contributed by atoms with Crippen molar-refractivity contribution >= 4 is 21.6 Å². The van der Waals surface area contributed by atoms with E-state index in [1.54, 1.807) is 0 Å². The summed E-state index contributed by atoms with van der Waals surface area (Å²) in [5.41, 5.74) is 0.131. The highest BCUT2D eigenvalue weighted by Gasteiger charge is 2.21. The highest BCUT2D eigenvalue weighted by Crippen LogP contribution is 2.18. The number of halogens is 1. The lowest BCUT2D eigenvalue weighted by molar-refractivity contribution is -0.120. The van der Waals surface area contributed by atoms with Gasteiger partial charge in [-0.2, -0.15) is 0 Å². The Hall–Kier alpha value is -1.63. The molecule has 1 atom stereocenters. The number of benzene rings is 1. The summed E-state index contributed by atoms with van der Waals surface area (Å²) in [5, 5.41) is 2.68. The summed E-state index contributed by atoms with van der Waals surface area (Å²) in [6, 6.07) is 5.09. The molecule has 0 aromatic heterocycles. The SMILES string of the molecule is CC[C@@H](C)NC(=O)CN(c1cccc(F)c1)S(C)(=O)=O. The molecule has 7 heteroatoms. The van der Waals surface area contributed by atoms with Crippen molar-refractivity contribution in [2.45, 2.75) is 26.3 Å². The number of rotatable bonds is 6. The molecular weight excluding hydrogens is 283 g/mol. The molecule has 0 aliphatic carbocycles. The Morgan fingerprint density at radius 2 is 2.10 bits per heavy atom. The van der Waals surface area contributed by atoms with Gasteiger partial charge in [-0.05, 0) is 31.5 Å². The second-order valence-corrected chi connectivity index (χ2v) is 6.53. The molecule has 0 heterocycles. The number of carbonyl (C=O) groups is 1. The van der Waals surface area contributed by atoms with Crippen LogP contribution in [0.2, 0.25) is 0 Å². The van der Waals surface area contributed by atoms with Crippen LogP contribution in [0.15, 0.2) is 24.3 Å². The predicted octanol–water partition coefficient (Wildman–Crippen LogP) is 1.51. The van der Waals surface area contributed by atoms with E-state index in [9.17, 15) is 17.6 Å². The first-order valence-electron chi connectivity index (χ1n) is 6.26. The first kappa shape index (κ1) is 16.4. The monoisotopic (exact) mass is 302 g/mol. The van der Waals surface area contributed by atoms with E-state index in [1.165, 1.54) is 18.2 Å². The summed E-state index contributed by atoms with van der Waals surface area (Å²) < 4.78 is 37.6. The minimum absolute atomic E-state index is 0.0450. The molecule has 0 unspecified atom stereocenters. The first-order valence-corrected chi connectivity index (χ1v) is 8.11. The maximum Gasteiger partial charge on any atom is 0.240 e. The van der Waals surface area contributed by atoms with E-state index in [2.05, 4.69) is 5.32 Å². The Morgan fingerprint density at radius 3 is 2.60 bits per heavy atom. The number of nitrogens with zero attached hydrogens (tertiary/aromatic N) is 1. The Morgan fingerprint density at radius 1 is 1.45 bits per heavy atom. The van der Waals surface area contributed by atoms with Crippen LogP contribution in [0.3, 0.4) is 0 Å². The van der Waals surface area contributed by atoms with Crippen molar-refractivity contribution in [2.75, 3.05) is 17.1 Å². The number of nitrogens with one attached hydrogen (secondary N) is 1. The fraction of sp³-hybridized carbons (Fsp3) is 0.462. The molecule has 1 aromatic carbocycles. The highest BCUT2D eigenvalue weighted by molar-refractivity contribution is 7.92. The van der Waals surface area contributed by atoms with E-state index >= 15 is 0 Å². The molecule has 0 saturated heterocycles. The van der Waals surface area contributed by atoms with Crippen LogP contribution in [0.5, 0.6) is 0 Å². The lowest BCUT2D eigenvalue weighted by atomic mass is 10.2. The van der Waals surface area contributed by atoms with Crippen molar-refractivity contribution in [3.05, 3.63) is 30.1 Å². The van der Waals surface area contributed by atoms with Gasteiger partial charge in [0.05, 0.1) is 11.9 Å². The van der Waals surface area contributed by atoms with Crippen molar-refractivity contribution in [2.24, 2.45) is 0 Å². The van der Waals surface area contributed by atoms with E-state index in [0.29, 0.717) is 0 Å². The van der Waals surface area contributed by atoms with E-state index < -0.39 is 21.7 Å². The summed E-state index contributed by atoms with van der Waals surface area (Å²) in [4.78, 5) is 11.8. The molecule has 0 spiro atoms. The summed E-state index contributed by atoms with van der Waals surface area (Å²) in [5.74, 6) is -0.979. The summed E-state index contributed by atoms with van der Waals surface area (Å²) in [6.07, 6.45) is 1.72. The lowest BCUT2D eigenvalue weighted by Crippen LogP contribution is -2.43. The molecule has 20 heavy (non-hydrogen) atoms. The molecule has 0 fully saturated rings. The molecule has 0 radical (unpaired) electrons. The van der Waals surface area contributed by atoms with Crippen molar-refractivity contribution < 1.29 is 17.6 Å². The second-order valence-electron chi connectivity index (χ2n) is 4.63. The average molecular weight is 302 g/mol. The van der Waals surface area contributed by atoms with Gasteiger partial charge in [-0.15, -0.1) is 0 Å². The van der Waals surface area contributed by atoms with Crippen molar-refractivity contribution in [3.8, 4) is 0 Å². The van der Waals surface area contributed by atoms with Gasteiger partial charge >= 0.3 is 0 Å². The van der Waals surface area contributed by atoms with Crippen LogP contribution in [-0.2, 0) is 14.8 Å². The lowest BCUT2D eigenvalue weighted by Gasteiger charge is -2.22. The number of sulfonamides is 1. The third kappa shape index (κ3) is 4.80.